The van der Waals surface area contributed by atoms with Crippen molar-refractivity contribution in [1.29, 1.82) is 0 Å². The van der Waals surface area contributed by atoms with Gasteiger partial charge in [-0.05, 0) is 30.2 Å². The van der Waals surface area contributed by atoms with Crippen molar-refractivity contribution < 1.29 is 8.76 Å². The molecule has 0 saturated carbocycles. The lowest BCUT2D eigenvalue weighted by Crippen LogP contribution is -2.22. The van der Waals surface area contributed by atoms with Gasteiger partial charge in [-0.3, -0.25) is 4.68 Å². The van der Waals surface area contributed by atoms with Gasteiger partial charge in [-0.2, -0.15) is 14.4 Å². The highest BCUT2D eigenvalue weighted by molar-refractivity contribution is 9.10. The van der Waals surface area contributed by atoms with Crippen LogP contribution in [0.2, 0.25) is 10.0 Å². The van der Waals surface area contributed by atoms with E-state index in [1.165, 1.54) is 12.1 Å². The minimum atomic E-state index is -3.66. The number of rotatable bonds is 3. The molecule has 1 aromatic heterocycles. The number of hydrogen-bond acceptors (Lipinski definition) is 2. The molecule has 0 fully saturated rings. The molecule has 0 saturated heterocycles. The monoisotopic (exact) mass is 412 g/mol. The van der Waals surface area contributed by atoms with Gasteiger partial charge in [-0.15, -0.1) is 0 Å². The molecule has 2 N–H and O–H groups in total. The highest BCUT2D eigenvalue weighted by atomic mass is 79.9. The van der Waals surface area contributed by atoms with Crippen LogP contribution >= 0.6 is 39.1 Å². The largest absolute Gasteiger partial charge is 0.349 e. The Morgan fingerprint density at radius 2 is 1.86 bits per heavy atom. The number of hydrogen-bond donors (Lipinski definition) is 2. The molecule has 0 aliphatic rings. The van der Waals surface area contributed by atoms with Gasteiger partial charge in [0.15, 0.2) is 0 Å². The summed E-state index contributed by atoms with van der Waals surface area (Å²) in [7, 11) is -1.90. The van der Waals surface area contributed by atoms with Crippen LogP contribution in [0.1, 0.15) is 11.4 Å². The predicted octanol–water partition coefficient (Wildman–Crippen LogP) is 4.46. The molecule has 0 aliphatic heterocycles. The SMILES string of the molecule is Cc1nn(C)c(C)c1N[S+](=O)(O)c1c(Cl)cc(Br)cc1Cl. The molecule has 1 aromatic carbocycles. The van der Waals surface area contributed by atoms with Gasteiger partial charge < -0.3 is 0 Å². The number of halogens is 3. The minimum absolute atomic E-state index is 0.0447. The third kappa shape index (κ3) is 3.27. The van der Waals surface area contributed by atoms with Gasteiger partial charge in [-0.1, -0.05) is 39.1 Å². The van der Waals surface area contributed by atoms with Crippen LogP contribution < -0.4 is 4.72 Å². The first-order chi connectivity index (χ1) is 9.63. The van der Waals surface area contributed by atoms with Gasteiger partial charge in [0.05, 0.1) is 11.4 Å². The van der Waals surface area contributed by atoms with Crippen LogP contribution in [0.25, 0.3) is 0 Å². The van der Waals surface area contributed by atoms with E-state index in [2.05, 4.69) is 25.8 Å². The molecule has 0 radical (unpaired) electrons. The van der Waals surface area contributed by atoms with Crippen molar-refractivity contribution in [1.82, 2.24) is 9.78 Å². The number of anilines is 1. The molecule has 0 amide bonds. The number of nitrogens with zero attached hydrogens (tertiary/aromatic N) is 2. The first kappa shape index (κ1) is 16.8. The molecule has 1 heterocycles. The van der Waals surface area contributed by atoms with E-state index in [0.29, 0.717) is 15.9 Å². The Hall–Kier alpha value is -0.600. The number of aryl methyl sites for hydroxylation is 2. The summed E-state index contributed by atoms with van der Waals surface area (Å²) in [6.45, 7) is 3.54. The molecular formula is C12H13BrCl2N3O2S+. The summed E-state index contributed by atoms with van der Waals surface area (Å²) >= 11 is 15.3. The smallest absolute Gasteiger partial charge is 0.270 e. The lowest BCUT2D eigenvalue weighted by molar-refractivity contribution is 0.503. The molecule has 9 heteroatoms. The highest BCUT2D eigenvalue weighted by Crippen LogP contribution is 2.37. The minimum Gasteiger partial charge on any atom is -0.270 e. The number of benzene rings is 1. The van der Waals surface area contributed by atoms with Gasteiger partial charge in [0.2, 0.25) is 0 Å². The normalized spacial score (nSPS) is 14.0. The fraction of sp³-hybridized carbons (Fsp3) is 0.250. The third-order valence-electron chi connectivity index (χ3n) is 2.99. The van der Waals surface area contributed by atoms with E-state index in [9.17, 15) is 8.76 Å². The van der Waals surface area contributed by atoms with Crippen LogP contribution in [0.5, 0.6) is 0 Å². The Morgan fingerprint density at radius 1 is 1.33 bits per heavy atom. The maximum absolute atomic E-state index is 12.6. The maximum Gasteiger partial charge on any atom is 0.349 e. The van der Waals surface area contributed by atoms with Crippen LogP contribution in [-0.2, 0) is 21.7 Å². The van der Waals surface area contributed by atoms with Crippen molar-refractivity contribution in [2.75, 3.05) is 4.72 Å². The Morgan fingerprint density at radius 3 is 2.29 bits per heavy atom. The Bertz CT molecular complexity index is 740. The second kappa shape index (κ2) is 5.89. The summed E-state index contributed by atoms with van der Waals surface area (Å²) in [5, 5.41) is 4.40. The second-order valence-corrected chi connectivity index (χ2v) is 7.89. The zero-order valence-electron chi connectivity index (χ0n) is 11.4. The van der Waals surface area contributed by atoms with E-state index in [4.69, 9.17) is 23.2 Å². The van der Waals surface area contributed by atoms with E-state index < -0.39 is 10.4 Å². The number of nitrogens with one attached hydrogen (secondary N) is 1. The lowest BCUT2D eigenvalue weighted by Gasteiger charge is -2.10. The van der Waals surface area contributed by atoms with Crippen LogP contribution in [-0.4, -0.2) is 14.3 Å². The van der Waals surface area contributed by atoms with Crippen LogP contribution in [0, 0.1) is 13.8 Å². The summed E-state index contributed by atoms with van der Waals surface area (Å²) < 4.78 is 27.9. The summed E-state index contributed by atoms with van der Waals surface area (Å²) in [6, 6.07) is 3.03. The molecule has 2 rings (SSSR count). The van der Waals surface area contributed by atoms with E-state index in [-0.39, 0.29) is 14.9 Å². The van der Waals surface area contributed by atoms with Crippen LogP contribution in [0.4, 0.5) is 5.69 Å². The van der Waals surface area contributed by atoms with Crippen LogP contribution in [0.3, 0.4) is 0 Å². The fourth-order valence-corrected chi connectivity index (χ4v) is 5.06. The number of aromatic nitrogens is 2. The molecule has 1 atom stereocenters. The van der Waals surface area contributed by atoms with Crippen molar-refractivity contribution in [2.24, 2.45) is 7.05 Å². The summed E-state index contributed by atoms with van der Waals surface area (Å²) in [5.74, 6) is 0. The zero-order valence-corrected chi connectivity index (χ0v) is 15.4. The van der Waals surface area contributed by atoms with Crippen molar-refractivity contribution in [3.8, 4) is 0 Å². The summed E-state index contributed by atoms with van der Waals surface area (Å²) in [5.41, 5.74) is 1.83. The summed E-state index contributed by atoms with van der Waals surface area (Å²) in [4.78, 5) is -0.0447. The van der Waals surface area contributed by atoms with Crippen molar-refractivity contribution in [3.63, 3.8) is 0 Å². The first-order valence-electron chi connectivity index (χ1n) is 5.82. The predicted molar refractivity (Wildman–Crippen MR) is 89.4 cm³/mol. The average molecular weight is 414 g/mol. The molecule has 114 valence electrons. The first-order valence-corrected chi connectivity index (χ1v) is 8.89. The highest BCUT2D eigenvalue weighted by Gasteiger charge is 2.37. The van der Waals surface area contributed by atoms with E-state index in [0.717, 1.165) is 5.69 Å². The maximum atomic E-state index is 12.6. The molecule has 0 aliphatic carbocycles. The van der Waals surface area contributed by atoms with Gasteiger partial charge in [0.25, 0.3) is 4.90 Å². The van der Waals surface area contributed by atoms with E-state index in [1.807, 2.05) is 0 Å². The van der Waals surface area contributed by atoms with Gasteiger partial charge in [0.1, 0.15) is 15.7 Å². The van der Waals surface area contributed by atoms with Crippen molar-refractivity contribution in [3.05, 3.63) is 38.0 Å². The fourth-order valence-electron chi connectivity index (χ4n) is 1.90. The standard InChI is InChI=1S/C12H12BrCl2N3O2S/c1-6-11(7(2)18(3)16-6)17-21(19,20)12-9(14)4-8(13)5-10(12)15/h4-5H,1-3H3,(H-,17,19,20)/p+1. The molecule has 1 unspecified atom stereocenters. The second-order valence-electron chi connectivity index (χ2n) is 4.50. The topological polar surface area (TPSA) is 67.2 Å². The Balaban J connectivity index is 2.51. The average Bonchev–Trinajstić information content (AvgIpc) is 2.53. The van der Waals surface area contributed by atoms with Crippen molar-refractivity contribution in [2.45, 2.75) is 18.7 Å². The summed E-state index contributed by atoms with van der Waals surface area (Å²) in [6.07, 6.45) is 0. The molecule has 0 bridgehead atoms. The third-order valence-corrected chi connectivity index (χ3v) is 5.74. The van der Waals surface area contributed by atoms with Crippen molar-refractivity contribution >= 4 is 55.2 Å². The van der Waals surface area contributed by atoms with Gasteiger partial charge in [-0.25, -0.2) is 0 Å². The molecular weight excluding hydrogens is 401 g/mol. The molecule has 5 nitrogen and oxygen atoms in total. The quantitative estimate of drug-likeness (QED) is 0.729. The Labute approximate surface area is 142 Å². The Kier molecular flexibility index (Phi) is 4.70. The molecule has 2 aromatic rings. The molecule has 0 spiro atoms. The zero-order chi connectivity index (χ0) is 15.9. The van der Waals surface area contributed by atoms with Gasteiger partial charge in [0, 0.05) is 11.5 Å². The molecule has 21 heavy (non-hydrogen) atoms. The lowest BCUT2D eigenvalue weighted by atomic mass is 10.3. The van der Waals surface area contributed by atoms with Crippen LogP contribution in [0.15, 0.2) is 21.5 Å². The van der Waals surface area contributed by atoms with E-state index >= 15 is 0 Å². The van der Waals surface area contributed by atoms with E-state index in [1.54, 1.807) is 25.6 Å². The van der Waals surface area contributed by atoms with Gasteiger partial charge >= 0.3 is 10.4 Å².